The van der Waals surface area contributed by atoms with Gasteiger partial charge in [0, 0.05) is 30.4 Å². The predicted octanol–water partition coefficient (Wildman–Crippen LogP) is 4.60. The lowest BCUT2D eigenvalue weighted by Crippen LogP contribution is -2.63. The van der Waals surface area contributed by atoms with E-state index in [0.717, 1.165) is 31.4 Å². The average molecular weight is 449 g/mol. The highest BCUT2D eigenvalue weighted by atomic mass is 35.5. The topological polar surface area (TPSA) is 49.4 Å². The van der Waals surface area contributed by atoms with Gasteiger partial charge in [-0.05, 0) is 42.7 Å². The molecule has 12 heteroatoms. The Morgan fingerprint density at radius 2 is 1.71 bits per heavy atom. The normalized spacial score (nSPS) is 30.5. The molecule has 2 bridgehead atoms. The molecule has 1 aromatic rings. The molecule has 0 aromatic heterocycles. The van der Waals surface area contributed by atoms with Crippen LogP contribution in [-0.4, -0.2) is 30.8 Å². The maximum atomic E-state index is 13.2. The molecule has 156 valence electrons. The Morgan fingerprint density at radius 3 is 2.18 bits per heavy atom. The van der Waals surface area contributed by atoms with E-state index in [4.69, 9.17) is 11.6 Å². The molecule has 0 spiro atoms. The molecule has 1 aliphatic heterocycles. The fraction of sp³-hybridized carbons (Fsp3) is 0.625. The summed E-state index contributed by atoms with van der Waals surface area (Å²) < 4.78 is 103. The van der Waals surface area contributed by atoms with Gasteiger partial charge >= 0.3 is 21.7 Å². The quantitative estimate of drug-likeness (QED) is 0.672. The summed E-state index contributed by atoms with van der Waals surface area (Å²) in [4.78, 5) is 0. The minimum absolute atomic E-state index is 0.132. The first kappa shape index (κ1) is 20.1. The van der Waals surface area contributed by atoms with E-state index in [1.165, 1.54) is 0 Å². The van der Waals surface area contributed by atoms with Crippen LogP contribution in [-0.2, 0) is 22.7 Å². The number of hydrogen-bond acceptors (Lipinski definition) is 3. The van der Waals surface area contributed by atoms with Crippen LogP contribution in [0.3, 0.4) is 0 Å². The van der Waals surface area contributed by atoms with Crippen molar-refractivity contribution in [3.05, 3.63) is 28.3 Å². The maximum absolute atomic E-state index is 13.2. The van der Waals surface area contributed by atoms with Gasteiger partial charge in [-0.3, -0.25) is 0 Å². The molecule has 4 nitrogen and oxygen atoms in total. The molecule has 5 rings (SSSR count). The van der Waals surface area contributed by atoms with Gasteiger partial charge in [-0.2, -0.15) is 30.6 Å². The summed E-state index contributed by atoms with van der Waals surface area (Å²) in [7, 11) is -5.74. The van der Waals surface area contributed by atoms with Gasteiger partial charge in [0.1, 0.15) is 0 Å². The van der Waals surface area contributed by atoms with Crippen molar-refractivity contribution in [2.45, 2.75) is 43.5 Å². The molecular formula is C16H15ClF6N2O2S. The second kappa shape index (κ2) is 5.91. The molecule has 3 fully saturated rings. The van der Waals surface area contributed by atoms with Crippen molar-refractivity contribution in [3.63, 3.8) is 0 Å². The summed E-state index contributed by atoms with van der Waals surface area (Å²) in [6.45, 7) is -1.37. The number of rotatable bonds is 2. The Balaban J connectivity index is 1.81. The van der Waals surface area contributed by atoms with E-state index in [1.54, 1.807) is 0 Å². The van der Waals surface area contributed by atoms with Crippen LogP contribution in [0.25, 0.3) is 0 Å². The fourth-order valence-corrected chi connectivity index (χ4v) is 5.73. The first-order chi connectivity index (χ1) is 12.7. The number of nitrogens with one attached hydrogen (secondary N) is 1. The second-order valence-electron chi connectivity index (χ2n) is 7.73. The van der Waals surface area contributed by atoms with E-state index >= 15 is 0 Å². The summed E-state index contributed by atoms with van der Waals surface area (Å²) in [5.41, 5.74) is -7.29. The SMILES string of the molecule is O=S(=O)(N1Cc2c(ccc(C(F)(F)F)c2Cl)NC(C23CC(C2)C3)C1)C(F)(F)F. The van der Waals surface area contributed by atoms with Crippen molar-refractivity contribution < 1.29 is 34.8 Å². The van der Waals surface area contributed by atoms with Crippen LogP contribution in [0, 0.1) is 11.3 Å². The number of benzene rings is 1. The maximum Gasteiger partial charge on any atom is 0.511 e. The monoisotopic (exact) mass is 448 g/mol. The Kier molecular flexibility index (Phi) is 4.24. The zero-order valence-electron chi connectivity index (χ0n) is 14.2. The van der Waals surface area contributed by atoms with Crippen LogP contribution < -0.4 is 5.32 Å². The molecule has 1 unspecified atom stereocenters. The molecule has 0 saturated heterocycles. The Bertz CT molecular complexity index is 913. The smallest absolute Gasteiger partial charge is 0.380 e. The zero-order valence-corrected chi connectivity index (χ0v) is 15.7. The molecule has 28 heavy (non-hydrogen) atoms. The van der Waals surface area contributed by atoms with Gasteiger partial charge in [-0.15, -0.1) is 0 Å². The number of nitrogens with zero attached hydrogens (tertiary/aromatic N) is 1. The summed E-state index contributed by atoms with van der Waals surface area (Å²) in [6.07, 6.45) is -2.55. The van der Waals surface area contributed by atoms with Crippen molar-refractivity contribution >= 4 is 27.3 Å². The van der Waals surface area contributed by atoms with Crippen LogP contribution in [0.15, 0.2) is 12.1 Å². The standard InChI is InChI=1S/C16H15ClF6N2O2S/c17-13-9-6-25(28(26,27)16(21,22)23)7-12(14-3-8(4-14)5-14)24-11(9)2-1-10(13)15(18,19)20/h1-2,8,12,24H,3-7H2. The first-order valence-electron chi connectivity index (χ1n) is 8.46. The molecule has 1 atom stereocenters. The molecule has 0 radical (unpaired) electrons. The minimum atomic E-state index is -5.74. The molecule has 1 heterocycles. The highest BCUT2D eigenvalue weighted by molar-refractivity contribution is 7.89. The van der Waals surface area contributed by atoms with Crippen LogP contribution in [0.2, 0.25) is 5.02 Å². The third-order valence-corrected chi connectivity index (χ3v) is 8.03. The summed E-state index contributed by atoms with van der Waals surface area (Å²) in [5.74, 6) is 0.480. The molecule has 1 N–H and O–H groups in total. The third kappa shape index (κ3) is 2.88. The highest BCUT2D eigenvalue weighted by Gasteiger charge is 2.62. The lowest BCUT2D eigenvalue weighted by atomic mass is 9.42. The van der Waals surface area contributed by atoms with Gasteiger partial charge in [-0.1, -0.05) is 11.6 Å². The van der Waals surface area contributed by atoms with Crippen LogP contribution in [0.4, 0.5) is 32.0 Å². The molecule has 4 aliphatic rings. The summed E-state index contributed by atoms with van der Waals surface area (Å²) in [6, 6.07) is 1.22. The van der Waals surface area contributed by atoms with Crippen molar-refractivity contribution in [2.24, 2.45) is 11.3 Å². The van der Waals surface area contributed by atoms with Crippen LogP contribution in [0.1, 0.15) is 30.4 Å². The molecular weight excluding hydrogens is 434 g/mol. The van der Waals surface area contributed by atoms with Gasteiger partial charge in [0.15, 0.2) is 0 Å². The van der Waals surface area contributed by atoms with Crippen LogP contribution in [0.5, 0.6) is 0 Å². The molecule has 3 aliphatic carbocycles. The number of anilines is 1. The van der Waals surface area contributed by atoms with Crippen molar-refractivity contribution in [1.82, 2.24) is 4.31 Å². The third-order valence-electron chi connectivity index (χ3n) is 6.06. The van der Waals surface area contributed by atoms with Crippen molar-refractivity contribution in [1.29, 1.82) is 0 Å². The molecule has 0 amide bonds. The number of alkyl halides is 6. The highest BCUT2D eigenvalue weighted by Crippen LogP contribution is 2.67. The second-order valence-corrected chi connectivity index (χ2v) is 10.0. The van der Waals surface area contributed by atoms with Crippen molar-refractivity contribution in [2.75, 3.05) is 11.9 Å². The van der Waals surface area contributed by atoms with E-state index in [9.17, 15) is 34.8 Å². The lowest BCUT2D eigenvalue weighted by Gasteiger charge is -2.65. The largest absolute Gasteiger partial charge is 0.511 e. The van der Waals surface area contributed by atoms with E-state index in [2.05, 4.69) is 5.32 Å². The summed E-state index contributed by atoms with van der Waals surface area (Å²) >= 11 is 5.87. The van der Waals surface area contributed by atoms with Gasteiger partial charge in [0.25, 0.3) is 0 Å². The Morgan fingerprint density at radius 1 is 1.11 bits per heavy atom. The number of sulfonamides is 1. The predicted molar refractivity (Wildman–Crippen MR) is 89.0 cm³/mol. The number of hydrogen-bond donors (Lipinski definition) is 1. The van der Waals surface area contributed by atoms with Gasteiger partial charge < -0.3 is 5.32 Å². The Labute approximate surface area is 161 Å². The Hall–Kier alpha value is -1.20. The van der Waals surface area contributed by atoms with Gasteiger partial charge in [-0.25, -0.2) is 8.42 Å². The number of fused-ring (bicyclic) bond motifs is 1. The summed E-state index contributed by atoms with van der Waals surface area (Å²) in [5, 5.41) is 2.19. The van der Waals surface area contributed by atoms with E-state index in [0.29, 0.717) is 5.92 Å². The minimum Gasteiger partial charge on any atom is -0.380 e. The lowest BCUT2D eigenvalue weighted by molar-refractivity contribution is -0.137. The van der Waals surface area contributed by atoms with E-state index < -0.39 is 51.4 Å². The fourth-order valence-electron chi connectivity index (χ4n) is 4.46. The number of halogens is 7. The zero-order chi connectivity index (χ0) is 20.7. The molecule has 3 saturated carbocycles. The van der Waals surface area contributed by atoms with Gasteiger partial charge in [0.05, 0.1) is 10.6 Å². The van der Waals surface area contributed by atoms with Crippen molar-refractivity contribution in [3.8, 4) is 0 Å². The van der Waals surface area contributed by atoms with Crippen LogP contribution >= 0.6 is 11.6 Å². The van der Waals surface area contributed by atoms with E-state index in [1.807, 2.05) is 0 Å². The first-order valence-corrected chi connectivity index (χ1v) is 10.3. The van der Waals surface area contributed by atoms with Gasteiger partial charge in [0.2, 0.25) is 0 Å². The molecule has 1 aromatic carbocycles. The van der Waals surface area contributed by atoms with E-state index in [-0.39, 0.29) is 21.0 Å². The average Bonchev–Trinajstić information content (AvgIpc) is 2.62.